The zero-order valence-electron chi connectivity index (χ0n) is 12.6. The van der Waals surface area contributed by atoms with Crippen molar-refractivity contribution in [1.82, 2.24) is 10.2 Å². The molecule has 0 aromatic heterocycles. The van der Waals surface area contributed by atoms with Crippen LogP contribution in [0.1, 0.15) is 38.3 Å². The van der Waals surface area contributed by atoms with E-state index in [0.717, 1.165) is 39.0 Å². The van der Waals surface area contributed by atoms with Gasteiger partial charge in [0.1, 0.15) is 11.6 Å². The van der Waals surface area contributed by atoms with Crippen molar-refractivity contribution in [2.24, 2.45) is 5.92 Å². The molecule has 1 atom stereocenters. The first-order chi connectivity index (χ1) is 10.0. The first kappa shape index (κ1) is 16.7. The van der Waals surface area contributed by atoms with Gasteiger partial charge in [0.2, 0.25) is 0 Å². The summed E-state index contributed by atoms with van der Waals surface area (Å²) in [5, 5.41) is 3.27. The average molecular weight is 317 g/mol. The van der Waals surface area contributed by atoms with Crippen LogP contribution in [0.4, 0.5) is 8.78 Å². The minimum atomic E-state index is -0.607. The maximum absolute atomic E-state index is 14.4. The summed E-state index contributed by atoms with van der Waals surface area (Å²) in [5.74, 6) is -0.603. The van der Waals surface area contributed by atoms with Crippen LogP contribution in [-0.4, -0.2) is 31.1 Å². The van der Waals surface area contributed by atoms with E-state index in [1.54, 1.807) is 0 Å². The van der Waals surface area contributed by atoms with E-state index in [4.69, 9.17) is 11.6 Å². The highest BCUT2D eigenvalue weighted by Crippen LogP contribution is 2.34. The molecule has 0 saturated carbocycles. The van der Waals surface area contributed by atoms with Crippen LogP contribution in [0, 0.1) is 17.6 Å². The molecule has 0 radical (unpaired) electrons. The van der Waals surface area contributed by atoms with Crippen molar-refractivity contribution in [3.63, 3.8) is 0 Å². The standard InChI is InChI=1S/C16H23ClF2N2/c1-11(2)3-6-14(21-9-7-20-8-10-21)15-13(18)5-4-12(17)16(15)19/h4-5,11,14,20H,3,6-10H2,1-2H3/t14-/m0/s1. The summed E-state index contributed by atoms with van der Waals surface area (Å²) in [4.78, 5) is 2.16. The van der Waals surface area contributed by atoms with Gasteiger partial charge in [-0.25, -0.2) is 8.78 Å². The van der Waals surface area contributed by atoms with Crippen molar-refractivity contribution >= 4 is 11.6 Å². The van der Waals surface area contributed by atoms with E-state index >= 15 is 0 Å². The molecule has 1 heterocycles. The van der Waals surface area contributed by atoms with Crippen LogP contribution in [0.3, 0.4) is 0 Å². The van der Waals surface area contributed by atoms with Crippen molar-refractivity contribution in [1.29, 1.82) is 0 Å². The lowest BCUT2D eigenvalue weighted by atomic mass is 9.95. The lowest BCUT2D eigenvalue weighted by Crippen LogP contribution is -2.45. The van der Waals surface area contributed by atoms with E-state index in [9.17, 15) is 8.78 Å². The van der Waals surface area contributed by atoms with Gasteiger partial charge in [-0.1, -0.05) is 25.4 Å². The van der Waals surface area contributed by atoms with Crippen molar-refractivity contribution in [2.75, 3.05) is 26.2 Å². The number of hydrogen-bond donors (Lipinski definition) is 1. The van der Waals surface area contributed by atoms with Crippen molar-refractivity contribution in [3.05, 3.63) is 34.4 Å². The van der Waals surface area contributed by atoms with E-state index in [0.29, 0.717) is 5.92 Å². The molecular weight excluding hydrogens is 294 g/mol. The number of nitrogens with zero attached hydrogens (tertiary/aromatic N) is 1. The van der Waals surface area contributed by atoms with E-state index in [1.807, 2.05) is 0 Å². The van der Waals surface area contributed by atoms with Crippen LogP contribution in [-0.2, 0) is 0 Å². The molecule has 0 unspecified atom stereocenters. The number of benzene rings is 1. The normalized spacial score (nSPS) is 18.2. The van der Waals surface area contributed by atoms with Gasteiger partial charge >= 0.3 is 0 Å². The van der Waals surface area contributed by atoms with Crippen LogP contribution < -0.4 is 5.32 Å². The minimum absolute atomic E-state index is 0.00363. The number of halogens is 3. The van der Waals surface area contributed by atoms with Gasteiger partial charge in [0, 0.05) is 37.8 Å². The van der Waals surface area contributed by atoms with Gasteiger partial charge in [-0.3, -0.25) is 4.90 Å². The van der Waals surface area contributed by atoms with Gasteiger partial charge < -0.3 is 5.32 Å². The number of piperazine rings is 1. The van der Waals surface area contributed by atoms with E-state index in [2.05, 4.69) is 24.1 Å². The molecule has 2 nitrogen and oxygen atoms in total. The molecule has 1 saturated heterocycles. The molecule has 21 heavy (non-hydrogen) atoms. The molecule has 5 heteroatoms. The lowest BCUT2D eigenvalue weighted by molar-refractivity contribution is 0.153. The zero-order valence-corrected chi connectivity index (χ0v) is 13.4. The second-order valence-corrected chi connectivity index (χ2v) is 6.44. The highest BCUT2D eigenvalue weighted by molar-refractivity contribution is 6.30. The van der Waals surface area contributed by atoms with Gasteiger partial charge in [0.25, 0.3) is 0 Å². The Bertz CT molecular complexity index is 474. The average Bonchev–Trinajstić information content (AvgIpc) is 2.47. The third-order valence-electron chi connectivity index (χ3n) is 4.02. The molecule has 118 valence electrons. The maximum Gasteiger partial charge on any atom is 0.149 e. The second-order valence-electron chi connectivity index (χ2n) is 6.03. The quantitative estimate of drug-likeness (QED) is 0.826. The fourth-order valence-corrected chi connectivity index (χ4v) is 3.01. The monoisotopic (exact) mass is 316 g/mol. The van der Waals surface area contributed by atoms with Crippen molar-refractivity contribution in [3.8, 4) is 0 Å². The van der Waals surface area contributed by atoms with Crippen LogP contribution in [0.25, 0.3) is 0 Å². The molecule has 0 amide bonds. The Morgan fingerprint density at radius 2 is 1.86 bits per heavy atom. The molecule has 1 N–H and O–H groups in total. The highest BCUT2D eigenvalue weighted by atomic mass is 35.5. The Kier molecular flexibility index (Phi) is 5.97. The topological polar surface area (TPSA) is 15.3 Å². The smallest absolute Gasteiger partial charge is 0.149 e. The largest absolute Gasteiger partial charge is 0.314 e. The predicted molar refractivity (Wildman–Crippen MR) is 82.6 cm³/mol. The van der Waals surface area contributed by atoms with E-state index in [-0.39, 0.29) is 16.6 Å². The van der Waals surface area contributed by atoms with E-state index < -0.39 is 11.6 Å². The van der Waals surface area contributed by atoms with Crippen LogP contribution in [0.5, 0.6) is 0 Å². The van der Waals surface area contributed by atoms with Gasteiger partial charge in [-0.2, -0.15) is 0 Å². The molecular formula is C16H23ClF2N2. The summed E-state index contributed by atoms with van der Waals surface area (Å²) >= 11 is 5.86. The van der Waals surface area contributed by atoms with Crippen LogP contribution >= 0.6 is 11.6 Å². The molecule has 1 aromatic rings. The predicted octanol–water partition coefficient (Wildman–Crippen LogP) is 4.00. The van der Waals surface area contributed by atoms with Gasteiger partial charge in [-0.15, -0.1) is 0 Å². The SMILES string of the molecule is CC(C)CC[C@@H](c1c(F)ccc(Cl)c1F)N1CCNCC1. The minimum Gasteiger partial charge on any atom is -0.314 e. The highest BCUT2D eigenvalue weighted by Gasteiger charge is 2.28. The summed E-state index contributed by atoms with van der Waals surface area (Å²) in [7, 11) is 0. The van der Waals surface area contributed by atoms with E-state index in [1.165, 1.54) is 12.1 Å². The summed E-state index contributed by atoms with van der Waals surface area (Å²) in [6, 6.07) is 2.31. The Balaban J connectivity index is 2.31. The number of nitrogens with one attached hydrogen (secondary N) is 1. The maximum atomic E-state index is 14.4. The molecule has 1 fully saturated rings. The Labute approximate surface area is 130 Å². The Hall–Kier alpha value is -0.710. The molecule has 0 bridgehead atoms. The van der Waals surface area contributed by atoms with Crippen LogP contribution in [0.2, 0.25) is 5.02 Å². The molecule has 2 rings (SSSR count). The summed E-state index contributed by atoms with van der Waals surface area (Å²) < 4.78 is 28.6. The Morgan fingerprint density at radius 3 is 2.48 bits per heavy atom. The van der Waals surface area contributed by atoms with Crippen molar-refractivity contribution in [2.45, 2.75) is 32.7 Å². The third-order valence-corrected chi connectivity index (χ3v) is 4.31. The Morgan fingerprint density at radius 1 is 1.19 bits per heavy atom. The summed E-state index contributed by atoms with van der Waals surface area (Å²) in [6.45, 7) is 7.55. The van der Waals surface area contributed by atoms with Gasteiger partial charge in [0.15, 0.2) is 0 Å². The molecule has 1 aliphatic heterocycles. The fourth-order valence-electron chi connectivity index (χ4n) is 2.84. The van der Waals surface area contributed by atoms with Gasteiger partial charge in [-0.05, 0) is 30.9 Å². The van der Waals surface area contributed by atoms with Crippen LogP contribution in [0.15, 0.2) is 12.1 Å². The second kappa shape index (κ2) is 7.52. The lowest BCUT2D eigenvalue weighted by Gasteiger charge is -2.36. The van der Waals surface area contributed by atoms with Crippen molar-refractivity contribution < 1.29 is 8.78 Å². The fraction of sp³-hybridized carbons (Fsp3) is 0.625. The molecule has 0 aliphatic carbocycles. The first-order valence-corrected chi connectivity index (χ1v) is 7.96. The zero-order chi connectivity index (χ0) is 15.4. The number of hydrogen-bond acceptors (Lipinski definition) is 2. The van der Waals surface area contributed by atoms with Gasteiger partial charge in [0.05, 0.1) is 5.02 Å². The number of rotatable bonds is 5. The summed E-state index contributed by atoms with van der Waals surface area (Å²) in [6.07, 6.45) is 1.67. The molecule has 0 spiro atoms. The molecule has 1 aliphatic rings. The summed E-state index contributed by atoms with van der Waals surface area (Å²) in [5.41, 5.74) is 0.130. The third kappa shape index (κ3) is 4.15. The first-order valence-electron chi connectivity index (χ1n) is 7.59. The molecule has 1 aromatic carbocycles.